The third-order valence-electron chi connectivity index (χ3n) is 8.39. The Balaban J connectivity index is 1.30. The van der Waals surface area contributed by atoms with E-state index in [1.807, 2.05) is 0 Å². The lowest BCUT2D eigenvalue weighted by Gasteiger charge is -2.22. The van der Waals surface area contributed by atoms with Crippen molar-refractivity contribution >= 4 is 21.8 Å². The lowest BCUT2D eigenvalue weighted by atomic mass is 9.92. The van der Waals surface area contributed by atoms with Crippen LogP contribution < -0.4 is 0 Å². The molecule has 9 rings (SSSR count). The van der Waals surface area contributed by atoms with Crippen LogP contribution in [0.3, 0.4) is 0 Å². The van der Waals surface area contributed by atoms with Gasteiger partial charge >= 0.3 is 0 Å². The molecule has 0 fully saturated rings. The van der Waals surface area contributed by atoms with Gasteiger partial charge in [0.15, 0.2) is 0 Å². The standard InChI is InChI=1S/C33H21N/c1-2-8-25-19(6-1)12-21-14-22-15-23-17-32-24(16-28(23)30(22)18-29(21)25)13-20-7-5-10-27-26-9-3-4-11-31(26)34(32)33(20)27/h1-11,14,16-18H,12-13,15H2. The zero-order valence-electron chi connectivity index (χ0n) is 18.7. The molecule has 0 bridgehead atoms. The van der Waals surface area contributed by atoms with Gasteiger partial charge in [-0.05, 0) is 92.7 Å². The zero-order chi connectivity index (χ0) is 22.0. The van der Waals surface area contributed by atoms with E-state index in [4.69, 9.17) is 0 Å². The van der Waals surface area contributed by atoms with Crippen molar-refractivity contribution in [2.45, 2.75) is 19.3 Å². The molecule has 0 unspecified atom stereocenters. The quantitative estimate of drug-likeness (QED) is 0.231. The molecule has 1 aliphatic heterocycles. The summed E-state index contributed by atoms with van der Waals surface area (Å²) in [4.78, 5) is 0. The van der Waals surface area contributed by atoms with Crippen molar-refractivity contribution in [2.24, 2.45) is 0 Å². The minimum Gasteiger partial charge on any atom is -0.309 e. The van der Waals surface area contributed by atoms with Gasteiger partial charge in [-0.2, -0.15) is 0 Å². The van der Waals surface area contributed by atoms with Gasteiger partial charge in [0.2, 0.25) is 0 Å². The van der Waals surface area contributed by atoms with Gasteiger partial charge in [-0.1, -0.05) is 66.7 Å². The van der Waals surface area contributed by atoms with Gasteiger partial charge in [0.25, 0.3) is 0 Å². The zero-order valence-corrected chi connectivity index (χ0v) is 18.7. The van der Waals surface area contributed by atoms with Crippen molar-refractivity contribution in [3.8, 4) is 27.9 Å². The lowest BCUT2D eigenvalue weighted by molar-refractivity contribution is 1.04. The molecule has 2 heterocycles. The molecule has 0 saturated carbocycles. The first-order valence-corrected chi connectivity index (χ1v) is 12.3. The maximum absolute atomic E-state index is 2.53. The Bertz CT molecular complexity index is 1880. The van der Waals surface area contributed by atoms with E-state index in [0.717, 1.165) is 19.3 Å². The average molecular weight is 432 g/mol. The summed E-state index contributed by atoms with van der Waals surface area (Å²) in [7, 11) is 0. The van der Waals surface area contributed by atoms with E-state index < -0.39 is 0 Å². The molecule has 0 amide bonds. The molecule has 0 radical (unpaired) electrons. The fourth-order valence-electron chi connectivity index (χ4n) is 6.95. The van der Waals surface area contributed by atoms with Crippen LogP contribution in [0.25, 0.3) is 49.7 Å². The Morgan fingerprint density at radius 3 is 2.09 bits per heavy atom. The van der Waals surface area contributed by atoms with E-state index in [9.17, 15) is 0 Å². The molecule has 1 heteroatoms. The first-order valence-electron chi connectivity index (χ1n) is 12.3. The van der Waals surface area contributed by atoms with Crippen molar-refractivity contribution < 1.29 is 0 Å². The Morgan fingerprint density at radius 2 is 1.12 bits per heavy atom. The van der Waals surface area contributed by atoms with Crippen LogP contribution in [0.1, 0.15) is 33.4 Å². The minimum absolute atomic E-state index is 0.999. The predicted molar refractivity (Wildman–Crippen MR) is 140 cm³/mol. The highest BCUT2D eigenvalue weighted by molar-refractivity contribution is 6.11. The van der Waals surface area contributed by atoms with E-state index in [-0.39, 0.29) is 0 Å². The van der Waals surface area contributed by atoms with Crippen molar-refractivity contribution in [3.05, 3.63) is 124 Å². The van der Waals surface area contributed by atoms with Gasteiger partial charge in [-0.15, -0.1) is 0 Å². The molecule has 0 atom stereocenters. The normalized spacial score (nSPS) is 14.1. The molecule has 158 valence electrons. The highest BCUT2D eigenvalue weighted by atomic mass is 15.0. The van der Waals surface area contributed by atoms with Crippen LogP contribution in [0.2, 0.25) is 0 Å². The van der Waals surface area contributed by atoms with Crippen molar-refractivity contribution in [3.63, 3.8) is 0 Å². The monoisotopic (exact) mass is 431 g/mol. The summed E-state index contributed by atoms with van der Waals surface area (Å²) in [6.45, 7) is 0. The SMILES string of the molecule is c1ccc2c(c1)Cc1cc3c(cc1-2)-c1cc2c(cc1C3)-n1c3ccccc3c3cccc(c31)C2. The van der Waals surface area contributed by atoms with Gasteiger partial charge < -0.3 is 4.57 Å². The number of benzene rings is 5. The van der Waals surface area contributed by atoms with Crippen molar-refractivity contribution in [1.29, 1.82) is 0 Å². The maximum Gasteiger partial charge on any atom is 0.0576 e. The predicted octanol–water partition coefficient (Wildman–Crippen LogP) is 7.83. The average Bonchev–Trinajstić information content (AvgIpc) is 3.52. The van der Waals surface area contributed by atoms with Crippen LogP contribution in [-0.2, 0) is 19.3 Å². The van der Waals surface area contributed by atoms with Crippen LogP contribution in [0.15, 0.2) is 91.0 Å². The summed E-state index contributed by atoms with van der Waals surface area (Å²) in [6.07, 6.45) is 3.10. The summed E-state index contributed by atoms with van der Waals surface area (Å²) in [5.74, 6) is 0. The van der Waals surface area contributed by atoms with Gasteiger partial charge in [-0.25, -0.2) is 0 Å². The number of hydrogen-bond acceptors (Lipinski definition) is 0. The lowest BCUT2D eigenvalue weighted by Crippen LogP contribution is -2.08. The molecule has 3 aliphatic rings. The van der Waals surface area contributed by atoms with Crippen LogP contribution >= 0.6 is 0 Å². The Kier molecular flexibility index (Phi) is 3.00. The second-order valence-corrected chi connectivity index (χ2v) is 10.2. The molecule has 1 nitrogen and oxygen atoms in total. The molecule has 34 heavy (non-hydrogen) atoms. The van der Waals surface area contributed by atoms with E-state index in [2.05, 4.69) is 95.6 Å². The van der Waals surface area contributed by atoms with Crippen LogP contribution in [0.4, 0.5) is 0 Å². The van der Waals surface area contributed by atoms with E-state index in [1.54, 1.807) is 0 Å². The highest BCUT2D eigenvalue weighted by Gasteiger charge is 2.28. The Hall–Kier alpha value is -4.10. The molecule has 0 N–H and O–H groups in total. The largest absolute Gasteiger partial charge is 0.309 e. The first-order chi connectivity index (χ1) is 16.8. The highest BCUT2D eigenvalue weighted by Crippen LogP contribution is 2.47. The van der Waals surface area contributed by atoms with E-state index in [1.165, 1.54) is 83.1 Å². The Labute approximate surface area is 197 Å². The van der Waals surface area contributed by atoms with Gasteiger partial charge in [0.05, 0.1) is 16.7 Å². The third-order valence-corrected chi connectivity index (χ3v) is 8.39. The Morgan fingerprint density at radius 1 is 0.441 bits per heavy atom. The number of hydrogen-bond donors (Lipinski definition) is 0. The fourth-order valence-corrected chi connectivity index (χ4v) is 6.95. The summed E-state index contributed by atoms with van der Waals surface area (Å²) >= 11 is 0. The summed E-state index contributed by atoms with van der Waals surface area (Å²) < 4.78 is 2.53. The van der Waals surface area contributed by atoms with Crippen LogP contribution in [0, 0.1) is 0 Å². The molecule has 2 aliphatic carbocycles. The summed E-state index contributed by atoms with van der Waals surface area (Å²) in [5.41, 5.74) is 18.6. The van der Waals surface area contributed by atoms with Crippen molar-refractivity contribution in [1.82, 2.24) is 4.57 Å². The molecule has 1 aromatic heterocycles. The smallest absolute Gasteiger partial charge is 0.0576 e. The number of fused-ring (bicyclic) bond motifs is 11. The third kappa shape index (κ3) is 2.02. The number of aromatic nitrogens is 1. The molecule has 0 spiro atoms. The second kappa shape index (κ2) is 5.87. The van der Waals surface area contributed by atoms with Crippen molar-refractivity contribution in [2.75, 3.05) is 0 Å². The molecular formula is C33H21N. The van der Waals surface area contributed by atoms with Gasteiger partial charge in [0.1, 0.15) is 0 Å². The summed E-state index contributed by atoms with van der Waals surface area (Å²) in [6, 6.07) is 34.6. The number of rotatable bonds is 0. The number of nitrogens with zero attached hydrogens (tertiary/aromatic N) is 1. The number of para-hydroxylation sites is 2. The van der Waals surface area contributed by atoms with Crippen LogP contribution in [-0.4, -0.2) is 4.57 Å². The second-order valence-electron chi connectivity index (χ2n) is 10.2. The topological polar surface area (TPSA) is 4.93 Å². The first kappa shape index (κ1) is 17.4. The molecule has 6 aromatic rings. The fraction of sp³-hybridized carbons (Fsp3) is 0.0909. The van der Waals surface area contributed by atoms with Crippen LogP contribution in [0.5, 0.6) is 0 Å². The molecule has 0 saturated heterocycles. The van der Waals surface area contributed by atoms with E-state index >= 15 is 0 Å². The molecular weight excluding hydrogens is 410 g/mol. The van der Waals surface area contributed by atoms with Gasteiger partial charge in [-0.3, -0.25) is 0 Å². The maximum atomic E-state index is 2.53. The van der Waals surface area contributed by atoms with Gasteiger partial charge in [0, 0.05) is 17.2 Å². The molecule has 5 aromatic carbocycles. The van der Waals surface area contributed by atoms with E-state index in [0.29, 0.717) is 0 Å². The summed E-state index contributed by atoms with van der Waals surface area (Å²) in [5, 5.41) is 2.73. The minimum atomic E-state index is 0.999.